The average Bonchev–Trinajstić information content (AvgIpc) is 2.63. The zero-order valence-corrected chi connectivity index (χ0v) is 9.20. The van der Waals surface area contributed by atoms with E-state index >= 15 is 0 Å². The number of hydrogen-bond donors (Lipinski definition) is 1. The number of rotatable bonds is 6. The molecular formula is C9H13NO4S. The Morgan fingerprint density at radius 3 is 2.93 bits per heavy atom. The van der Waals surface area contributed by atoms with E-state index < -0.39 is 4.92 Å². The van der Waals surface area contributed by atoms with Gasteiger partial charge in [0.15, 0.2) is 0 Å². The summed E-state index contributed by atoms with van der Waals surface area (Å²) in [7, 11) is 0. The van der Waals surface area contributed by atoms with E-state index in [1.807, 2.05) is 6.92 Å². The Hall–Kier alpha value is -1.01. The summed E-state index contributed by atoms with van der Waals surface area (Å²) in [6.45, 7) is 2.16. The number of aliphatic hydroxyl groups excluding tert-OH is 1. The van der Waals surface area contributed by atoms with Crippen LogP contribution in [0.25, 0.3) is 0 Å². The summed E-state index contributed by atoms with van der Waals surface area (Å²) >= 11 is 1.60. The monoisotopic (exact) mass is 231 g/mol. The van der Waals surface area contributed by atoms with E-state index in [0.717, 1.165) is 0 Å². The third-order valence-corrected chi connectivity index (χ3v) is 3.13. The highest BCUT2D eigenvalue weighted by atomic mass is 32.2. The molecule has 0 saturated carbocycles. The molecule has 1 aromatic rings. The van der Waals surface area contributed by atoms with E-state index in [1.54, 1.807) is 17.8 Å². The summed E-state index contributed by atoms with van der Waals surface area (Å²) in [5.41, 5.74) is 0. The fourth-order valence-corrected chi connectivity index (χ4v) is 1.91. The number of nitrogens with zero attached hydrogens (tertiary/aromatic N) is 1. The number of hydrogen-bond acceptors (Lipinski definition) is 5. The van der Waals surface area contributed by atoms with Gasteiger partial charge in [0.25, 0.3) is 0 Å². The van der Waals surface area contributed by atoms with Crippen molar-refractivity contribution < 1.29 is 14.4 Å². The smallest absolute Gasteiger partial charge is 0.405 e. The predicted molar refractivity (Wildman–Crippen MR) is 57.8 cm³/mol. The van der Waals surface area contributed by atoms with Crippen LogP contribution in [0, 0.1) is 10.1 Å². The Bertz CT molecular complexity index is 326. The molecule has 0 bridgehead atoms. The maximum atomic E-state index is 10.3. The van der Waals surface area contributed by atoms with Crippen molar-refractivity contribution in [3.05, 3.63) is 28.0 Å². The first kappa shape index (κ1) is 12.1. The summed E-state index contributed by atoms with van der Waals surface area (Å²) in [6.07, 6.45) is 0.716. The molecule has 1 aromatic heterocycles. The summed E-state index contributed by atoms with van der Waals surface area (Å²) in [6, 6.07) is 2.96. The highest BCUT2D eigenvalue weighted by Gasteiger charge is 2.12. The van der Waals surface area contributed by atoms with Crippen molar-refractivity contribution in [2.24, 2.45) is 0 Å². The normalized spacial score (nSPS) is 12.7. The lowest BCUT2D eigenvalue weighted by Crippen LogP contribution is -1.99. The molecule has 1 N–H and O–H groups in total. The van der Waals surface area contributed by atoms with Crippen LogP contribution in [-0.2, 0) is 5.75 Å². The summed E-state index contributed by atoms with van der Waals surface area (Å²) < 4.78 is 4.99. The highest BCUT2D eigenvalue weighted by Crippen LogP contribution is 2.23. The lowest BCUT2D eigenvalue weighted by molar-refractivity contribution is -0.402. The van der Waals surface area contributed by atoms with Crippen LogP contribution < -0.4 is 0 Å². The van der Waals surface area contributed by atoms with Crippen LogP contribution in [0.15, 0.2) is 16.5 Å². The SMILES string of the molecule is CC(CCO)SCc1ccc([N+](=O)[O-])o1. The van der Waals surface area contributed by atoms with Gasteiger partial charge in [0.1, 0.15) is 10.7 Å². The molecule has 1 rings (SSSR count). The second-order valence-electron chi connectivity index (χ2n) is 3.13. The summed E-state index contributed by atoms with van der Waals surface area (Å²) in [4.78, 5) is 9.78. The third-order valence-electron chi connectivity index (χ3n) is 1.87. The van der Waals surface area contributed by atoms with Crippen LogP contribution in [0.5, 0.6) is 0 Å². The van der Waals surface area contributed by atoms with Gasteiger partial charge in [-0.05, 0) is 12.5 Å². The molecule has 15 heavy (non-hydrogen) atoms. The first-order valence-electron chi connectivity index (χ1n) is 4.59. The van der Waals surface area contributed by atoms with Gasteiger partial charge >= 0.3 is 5.88 Å². The van der Waals surface area contributed by atoms with Gasteiger partial charge in [0.2, 0.25) is 0 Å². The second kappa shape index (κ2) is 5.77. The van der Waals surface area contributed by atoms with Crippen LogP contribution in [-0.4, -0.2) is 21.9 Å². The molecule has 0 spiro atoms. The Morgan fingerprint density at radius 2 is 2.40 bits per heavy atom. The largest absolute Gasteiger partial charge is 0.433 e. The van der Waals surface area contributed by atoms with Crippen molar-refractivity contribution in [2.45, 2.75) is 24.3 Å². The maximum absolute atomic E-state index is 10.3. The van der Waals surface area contributed by atoms with Crippen LogP contribution in [0.2, 0.25) is 0 Å². The topological polar surface area (TPSA) is 76.5 Å². The van der Waals surface area contributed by atoms with Gasteiger partial charge in [-0.3, -0.25) is 10.1 Å². The molecule has 0 radical (unpaired) electrons. The number of thioether (sulfide) groups is 1. The lowest BCUT2D eigenvalue weighted by Gasteiger charge is -2.06. The fourth-order valence-electron chi connectivity index (χ4n) is 1.03. The molecular weight excluding hydrogens is 218 g/mol. The molecule has 0 aliphatic rings. The van der Waals surface area contributed by atoms with E-state index in [4.69, 9.17) is 9.52 Å². The van der Waals surface area contributed by atoms with Gasteiger partial charge in [-0.1, -0.05) is 6.92 Å². The van der Waals surface area contributed by atoms with E-state index in [-0.39, 0.29) is 12.5 Å². The van der Waals surface area contributed by atoms with Crippen molar-refractivity contribution in [3.63, 3.8) is 0 Å². The summed E-state index contributed by atoms with van der Waals surface area (Å²) in [5, 5.41) is 19.3. The third kappa shape index (κ3) is 3.93. The Labute approximate surface area is 91.6 Å². The van der Waals surface area contributed by atoms with Gasteiger partial charge in [0, 0.05) is 11.9 Å². The molecule has 1 heterocycles. The standard InChI is InChI=1S/C9H13NO4S/c1-7(4-5-11)15-6-8-2-3-9(14-8)10(12)13/h2-3,7,11H,4-6H2,1H3. The van der Waals surface area contributed by atoms with E-state index in [9.17, 15) is 10.1 Å². The molecule has 1 atom stereocenters. The van der Waals surface area contributed by atoms with Crippen molar-refractivity contribution in [2.75, 3.05) is 6.61 Å². The van der Waals surface area contributed by atoms with Crippen LogP contribution in [0.4, 0.5) is 5.88 Å². The van der Waals surface area contributed by atoms with Crippen LogP contribution >= 0.6 is 11.8 Å². The number of furan rings is 1. The van der Waals surface area contributed by atoms with Gasteiger partial charge in [-0.25, -0.2) is 0 Å². The van der Waals surface area contributed by atoms with Gasteiger partial charge < -0.3 is 9.52 Å². The lowest BCUT2D eigenvalue weighted by atomic mass is 10.3. The van der Waals surface area contributed by atoms with Crippen LogP contribution in [0.1, 0.15) is 19.1 Å². The molecule has 0 aromatic carbocycles. The highest BCUT2D eigenvalue weighted by molar-refractivity contribution is 7.99. The van der Waals surface area contributed by atoms with Crippen LogP contribution in [0.3, 0.4) is 0 Å². The minimum atomic E-state index is -0.550. The van der Waals surface area contributed by atoms with Crippen molar-refractivity contribution >= 4 is 17.6 Å². The van der Waals surface area contributed by atoms with Crippen molar-refractivity contribution in [1.29, 1.82) is 0 Å². The molecule has 5 nitrogen and oxygen atoms in total. The molecule has 0 fully saturated rings. The molecule has 6 heteroatoms. The van der Waals surface area contributed by atoms with Gasteiger partial charge in [-0.15, -0.1) is 0 Å². The number of nitro groups is 1. The number of aliphatic hydroxyl groups is 1. The average molecular weight is 231 g/mol. The molecule has 84 valence electrons. The van der Waals surface area contributed by atoms with Crippen molar-refractivity contribution in [1.82, 2.24) is 0 Å². The van der Waals surface area contributed by atoms with E-state index in [0.29, 0.717) is 23.2 Å². The molecule has 0 amide bonds. The molecule has 0 aliphatic heterocycles. The first-order valence-corrected chi connectivity index (χ1v) is 5.64. The van der Waals surface area contributed by atoms with E-state index in [2.05, 4.69) is 0 Å². The molecule has 1 unspecified atom stereocenters. The first-order chi connectivity index (χ1) is 7.13. The van der Waals surface area contributed by atoms with Crippen molar-refractivity contribution in [3.8, 4) is 0 Å². The summed E-state index contributed by atoms with van der Waals surface area (Å²) in [5.74, 6) is 0.964. The fraction of sp³-hybridized carbons (Fsp3) is 0.556. The zero-order chi connectivity index (χ0) is 11.3. The Morgan fingerprint density at radius 1 is 1.67 bits per heavy atom. The molecule has 0 saturated heterocycles. The van der Waals surface area contributed by atoms with Gasteiger partial charge in [-0.2, -0.15) is 11.8 Å². The zero-order valence-electron chi connectivity index (χ0n) is 8.38. The Kier molecular flexibility index (Phi) is 4.64. The Balaban J connectivity index is 2.40. The minimum Gasteiger partial charge on any atom is -0.405 e. The second-order valence-corrected chi connectivity index (χ2v) is 4.56. The van der Waals surface area contributed by atoms with Gasteiger partial charge in [0.05, 0.1) is 11.8 Å². The maximum Gasteiger partial charge on any atom is 0.433 e. The minimum absolute atomic E-state index is 0.159. The molecule has 0 aliphatic carbocycles. The van der Waals surface area contributed by atoms with E-state index in [1.165, 1.54) is 6.07 Å². The predicted octanol–water partition coefficient (Wildman–Crippen LogP) is 2.19. The quantitative estimate of drug-likeness (QED) is 0.600.